The lowest BCUT2D eigenvalue weighted by Crippen LogP contribution is -1.98. The topological polar surface area (TPSA) is 34.9 Å². The molecule has 0 aliphatic rings. The monoisotopic (exact) mass is 246 g/mol. The molecule has 3 nitrogen and oxygen atoms in total. The lowest BCUT2D eigenvalue weighted by atomic mass is 10.2. The van der Waals surface area contributed by atoms with Crippen molar-refractivity contribution in [3.05, 3.63) is 36.5 Å². The van der Waals surface area contributed by atoms with Gasteiger partial charge < -0.3 is 4.57 Å². The lowest BCUT2D eigenvalue weighted by molar-refractivity contribution is -0.114. The van der Waals surface area contributed by atoms with Crippen LogP contribution in [-0.2, 0) is 11.8 Å². The van der Waals surface area contributed by atoms with Crippen molar-refractivity contribution in [2.75, 3.05) is 5.75 Å². The second-order valence-corrected chi connectivity index (χ2v) is 4.78. The molecule has 4 heteroatoms. The van der Waals surface area contributed by atoms with Gasteiger partial charge in [-0.1, -0.05) is 42.1 Å². The van der Waals surface area contributed by atoms with Gasteiger partial charge in [0.15, 0.2) is 5.16 Å². The van der Waals surface area contributed by atoms with Crippen molar-refractivity contribution in [3.63, 3.8) is 0 Å². The SMILES string of the molecule is CC(=O)CSc1ncc(-c2ccccc2)n1C. The molecule has 2 aromatic rings. The minimum atomic E-state index is 0.166. The standard InChI is InChI=1S/C13H14N2OS/c1-10(16)9-17-13-14-8-12(15(13)2)11-6-4-3-5-7-11/h3-8H,9H2,1-2H3. The molecular formula is C13H14N2OS. The summed E-state index contributed by atoms with van der Waals surface area (Å²) in [6.45, 7) is 1.59. The Morgan fingerprint density at radius 3 is 2.71 bits per heavy atom. The predicted molar refractivity (Wildman–Crippen MR) is 70.0 cm³/mol. The molecule has 88 valence electrons. The van der Waals surface area contributed by atoms with E-state index in [1.807, 2.05) is 36.0 Å². The first-order valence-electron chi connectivity index (χ1n) is 5.38. The molecule has 0 amide bonds. The summed E-state index contributed by atoms with van der Waals surface area (Å²) in [6, 6.07) is 10.1. The Hall–Kier alpha value is -1.55. The third-order valence-electron chi connectivity index (χ3n) is 2.42. The second-order valence-electron chi connectivity index (χ2n) is 3.84. The van der Waals surface area contributed by atoms with Crippen LogP contribution in [0.25, 0.3) is 11.3 Å². The van der Waals surface area contributed by atoms with Crippen LogP contribution in [0.2, 0.25) is 0 Å². The fraction of sp³-hybridized carbons (Fsp3) is 0.231. The number of benzene rings is 1. The molecule has 0 saturated carbocycles. The number of hydrogen-bond donors (Lipinski definition) is 0. The Morgan fingerprint density at radius 1 is 1.35 bits per heavy atom. The van der Waals surface area contributed by atoms with Gasteiger partial charge in [-0.2, -0.15) is 0 Å². The van der Waals surface area contributed by atoms with Crippen LogP contribution in [0.5, 0.6) is 0 Å². The van der Waals surface area contributed by atoms with Crippen LogP contribution in [0.15, 0.2) is 41.7 Å². The molecule has 0 fully saturated rings. The number of rotatable bonds is 4. The summed E-state index contributed by atoms with van der Waals surface area (Å²) in [5.41, 5.74) is 2.20. The Morgan fingerprint density at radius 2 is 2.06 bits per heavy atom. The number of carbonyl (C=O) groups excluding carboxylic acids is 1. The van der Waals surface area contributed by atoms with Crippen molar-refractivity contribution in [2.45, 2.75) is 12.1 Å². The van der Waals surface area contributed by atoms with Crippen molar-refractivity contribution >= 4 is 17.5 Å². The summed E-state index contributed by atoms with van der Waals surface area (Å²) in [4.78, 5) is 15.3. The first-order valence-corrected chi connectivity index (χ1v) is 6.36. The molecule has 0 bridgehead atoms. The molecule has 1 heterocycles. The van der Waals surface area contributed by atoms with Gasteiger partial charge in [0.05, 0.1) is 17.6 Å². The fourth-order valence-electron chi connectivity index (χ4n) is 1.57. The Balaban J connectivity index is 2.24. The molecule has 0 radical (unpaired) electrons. The molecule has 0 spiro atoms. The van der Waals surface area contributed by atoms with Crippen LogP contribution >= 0.6 is 11.8 Å². The normalized spacial score (nSPS) is 10.5. The summed E-state index contributed by atoms with van der Waals surface area (Å²) >= 11 is 1.47. The molecule has 0 unspecified atom stereocenters. The largest absolute Gasteiger partial charge is 0.322 e. The van der Waals surface area contributed by atoms with Crippen molar-refractivity contribution in [2.24, 2.45) is 7.05 Å². The number of hydrogen-bond acceptors (Lipinski definition) is 3. The maximum atomic E-state index is 10.9. The smallest absolute Gasteiger partial charge is 0.168 e. The van der Waals surface area contributed by atoms with Crippen molar-refractivity contribution in [1.29, 1.82) is 0 Å². The molecule has 1 aromatic carbocycles. The first-order chi connectivity index (χ1) is 8.18. The van der Waals surface area contributed by atoms with E-state index >= 15 is 0 Å². The number of Topliss-reactive ketones (excluding diaryl/α,β-unsaturated/α-hetero) is 1. The average Bonchev–Trinajstić information content (AvgIpc) is 2.69. The maximum Gasteiger partial charge on any atom is 0.168 e. The number of ketones is 1. The van der Waals surface area contributed by atoms with Crippen LogP contribution in [0.1, 0.15) is 6.92 Å². The van der Waals surface area contributed by atoms with Gasteiger partial charge in [-0.05, 0) is 12.5 Å². The molecule has 1 aromatic heterocycles. The molecular weight excluding hydrogens is 232 g/mol. The number of carbonyl (C=O) groups is 1. The first kappa shape index (κ1) is 11.9. The highest BCUT2D eigenvalue weighted by Crippen LogP contribution is 2.24. The number of aromatic nitrogens is 2. The van der Waals surface area contributed by atoms with E-state index < -0.39 is 0 Å². The van der Waals surface area contributed by atoms with Gasteiger partial charge in [-0.25, -0.2) is 4.98 Å². The summed E-state index contributed by atoms with van der Waals surface area (Å²) in [6.07, 6.45) is 1.85. The second kappa shape index (κ2) is 5.19. The third kappa shape index (κ3) is 2.77. The van der Waals surface area contributed by atoms with Gasteiger partial charge in [0.1, 0.15) is 5.78 Å². The van der Waals surface area contributed by atoms with Crippen LogP contribution in [-0.4, -0.2) is 21.1 Å². The van der Waals surface area contributed by atoms with Crippen LogP contribution < -0.4 is 0 Å². The van der Waals surface area contributed by atoms with Gasteiger partial charge in [-0.3, -0.25) is 4.79 Å². The van der Waals surface area contributed by atoms with E-state index in [1.54, 1.807) is 6.92 Å². The van der Waals surface area contributed by atoms with Gasteiger partial charge >= 0.3 is 0 Å². The number of thioether (sulfide) groups is 1. The molecule has 17 heavy (non-hydrogen) atoms. The highest BCUT2D eigenvalue weighted by Gasteiger charge is 2.09. The van der Waals surface area contributed by atoms with Gasteiger partial charge in [0.2, 0.25) is 0 Å². The minimum absolute atomic E-state index is 0.166. The summed E-state index contributed by atoms with van der Waals surface area (Å²) in [5.74, 6) is 0.637. The summed E-state index contributed by atoms with van der Waals surface area (Å²) < 4.78 is 2.02. The summed E-state index contributed by atoms with van der Waals surface area (Å²) in [5, 5.41) is 0.874. The predicted octanol–water partition coefficient (Wildman–Crippen LogP) is 2.77. The zero-order chi connectivity index (χ0) is 12.3. The van der Waals surface area contributed by atoms with E-state index in [2.05, 4.69) is 17.1 Å². The number of nitrogens with zero attached hydrogens (tertiary/aromatic N) is 2. The lowest BCUT2D eigenvalue weighted by Gasteiger charge is -2.04. The molecule has 0 saturated heterocycles. The van der Waals surface area contributed by atoms with Crippen LogP contribution in [0.3, 0.4) is 0 Å². The Kier molecular flexibility index (Phi) is 3.64. The van der Waals surface area contributed by atoms with Crippen molar-refractivity contribution in [1.82, 2.24) is 9.55 Å². The van der Waals surface area contributed by atoms with Gasteiger partial charge in [0, 0.05) is 7.05 Å². The van der Waals surface area contributed by atoms with E-state index in [9.17, 15) is 4.79 Å². The highest BCUT2D eigenvalue weighted by molar-refractivity contribution is 7.99. The van der Waals surface area contributed by atoms with Gasteiger partial charge in [-0.15, -0.1) is 0 Å². The quantitative estimate of drug-likeness (QED) is 0.778. The van der Waals surface area contributed by atoms with E-state index in [0.29, 0.717) is 5.75 Å². The maximum absolute atomic E-state index is 10.9. The molecule has 0 N–H and O–H groups in total. The van der Waals surface area contributed by atoms with E-state index in [0.717, 1.165) is 16.4 Å². The molecule has 2 rings (SSSR count). The van der Waals surface area contributed by atoms with Crippen molar-refractivity contribution < 1.29 is 4.79 Å². The fourth-order valence-corrected chi connectivity index (χ4v) is 2.32. The molecule has 0 atom stereocenters. The Bertz CT molecular complexity index is 519. The summed E-state index contributed by atoms with van der Waals surface area (Å²) in [7, 11) is 1.97. The molecule has 0 aliphatic carbocycles. The van der Waals surface area contributed by atoms with Gasteiger partial charge in [0.25, 0.3) is 0 Å². The highest BCUT2D eigenvalue weighted by atomic mass is 32.2. The zero-order valence-corrected chi connectivity index (χ0v) is 10.7. The van der Waals surface area contributed by atoms with Crippen LogP contribution in [0.4, 0.5) is 0 Å². The van der Waals surface area contributed by atoms with Crippen LogP contribution in [0, 0.1) is 0 Å². The Labute approximate surface area is 105 Å². The van der Waals surface area contributed by atoms with E-state index in [-0.39, 0.29) is 5.78 Å². The van der Waals surface area contributed by atoms with E-state index in [1.165, 1.54) is 11.8 Å². The van der Waals surface area contributed by atoms with E-state index in [4.69, 9.17) is 0 Å². The van der Waals surface area contributed by atoms with Crippen molar-refractivity contribution in [3.8, 4) is 11.3 Å². The average molecular weight is 246 g/mol. The number of imidazole rings is 1. The minimum Gasteiger partial charge on any atom is -0.322 e. The molecule has 0 aliphatic heterocycles. The zero-order valence-electron chi connectivity index (χ0n) is 9.88. The third-order valence-corrected chi connectivity index (χ3v) is 3.61.